The number of hydrogen-bond donors (Lipinski definition) is 1. The minimum Gasteiger partial charge on any atom is -0.468 e. The van der Waals surface area contributed by atoms with Gasteiger partial charge in [0.1, 0.15) is 5.41 Å². The van der Waals surface area contributed by atoms with Gasteiger partial charge in [-0.1, -0.05) is 36.8 Å². The maximum atomic E-state index is 12.8. The van der Waals surface area contributed by atoms with Gasteiger partial charge in [0.15, 0.2) is 0 Å². The quantitative estimate of drug-likeness (QED) is 0.670. The van der Waals surface area contributed by atoms with Crippen LogP contribution in [-0.2, 0) is 21.5 Å². The van der Waals surface area contributed by atoms with Crippen LogP contribution < -0.4 is 0 Å². The second kappa shape index (κ2) is 6.03. The van der Waals surface area contributed by atoms with Gasteiger partial charge in [0.2, 0.25) is 0 Å². The van der Waals surface area contributed by atoms with Gasteiger partial charge < -0.3 is 9.72 Å². The minimum absolute atomic E-state index is 0.147. The molecule has 25 heavy (non-hydrogen) atoms. The standard InChI is InChI=1S/C21H26N2O2/c1-4-14-9-15-10-21(2,20(24)25-3)19-17(13-23(11-14)12-15)16-7-5-6-8-18(16)22-19/h5-9,15,22H,4,10-13H2,1-3H3/t15-,21+/m0/s1. The minimum atomic E-state index is -0.646. The molecule has 1 aromatic carbocycles. The molecule has 132 valence electrons. The summed E-state index contributed by atoms with van der Waals surface area (Å²) in [5.74, 6) is 0.234. The van der Waals surface area contributed by atoms with Gasteiger partial charge in [0.25, 0.3) is 0 Å². The first kappa shape index (κ1) is 16.4. The molecule has 1 N–H and O–H groups in total. The van der Waals surface area contributed by atoms with E-state index in [4.69, 9.17) is 4.74 Å². The van der Waals surface area contributed by atoms with Gasteiger partial charge in [-0.25, -0.2) is 0 Å². The van der Waals surface area contributed by atoms with E-state index in [0.717, 1.165) is 43.7 Å². The highest BCUT2D eigenvalue weighted by atomic mass is 16.5. The summed E-state index contributed by atoms with van der Waals surface area (Å²) >= 11 is 0. The molecule has 2 aliphatic heterocycles. The Kier molecular flexibility index (Phi) is 3.95. The van der Waals surface area contributed by atoms with Crippen LogP contribution >= 0.6 is 0 Å². The number of carbonyl (C=O) groups excluding carboxylic acids is 1. The van der Waals surface area contributed by atoms with Crippen molar-refractivity contribution >= 4 is 16.9 Å². The topological polar surface area (TPSA) is 45.3 Å². The number of hydrogen-bond acceptors (Lipinski definition) is 3. The van der Waals surface area contributed by atoms with Crippen molar-refractivity contribution in [3.05, 3.63) is 47.2 Å². The number of rotatable bonds is 2. The molecule has 0 saturated heterocycles. The fourth-order valence-corrected chi connectivity index (χ4v) is 4.69. The lowest BCUT2D eigenvalue weighted by Crippen LogP contribution is -2.44. The van der Waals surface area contributed by atoms with E-state index in [-0.39, 0.29) is 5.97 Å². The zero-order valence-corrected chi connectivity index (χ0v) is 15.3. The number of aromatic amines is 1. The Bertz CT molecular complexity index is 851. The van der Waals surface area contributed by atoms with Gasteiger partial charge >= 0.3 is 5.97 Å². The van der Waals surface area contributed by atoms with Crippen LogP contribution in [0.1, 0.15) is 37.9 Å². The first-order valence-corrected chi connectivity index (χ1v) is 9.15. The molecule has 0 aliphatic carbocycles. The molecule has 1 unspecified atom stereocenters. The molecule has 4 rings (SSSR count). The molecule has 0 amide bonds. The second-order valence-electron chi connectivity index (χ2n) is 7.66. The lowest BCUT2D eigenvalue weighted by Gasteiger charge is -2.39. The number of nitrogens with one attached hydrogen (secondary N) is 1. The molecule has 2 bridgehead atoms. The smallest absolute Gasteiger partial charge is 0.317 e. The van der Waals surface area contributed by atoms with Crippen molar-refractivity contribution in [3.8, 4) is 0 Å². The average molecular weight is 338 g/mol. The summed E-state index contributed by atoms with van der Waals surface area (Å²) in [6.45, 7) is 7.17. The van der Waals surface area contributed by atoms with Crippen LogP contribution in [0.3, 0.4) is 0 Å². The van der Waals surface area contributed by atoms with Crippen LogP contribution in [-0.4, -0.2) is 36.1 Å². The van der Waals surface area contributed by atoms with Gasteiger partial charge in [-0.2, -0.15) is 0 Å². The monoisotopic (exact) mass is 338 g/mol. The van der Waals surface area contributed by atoms with E-state index in [1.807, 2.05) is 13.0 Å². The van der Waals surface area contributed by atoms with Crippen molar-refractivity contribution in [2.75, 3.05) is 20.2 Å². The van der Waals surface area contributed by atoms with Crippen LogP contribution in [0.4, 0.5) is 0 Å². The number of benzene rings is 1. The largest absolute Gasteiger partial charge is 0.468 e. The third kappa shape index (κ3) is 2.60. The Hall–Kier alpha value is -2.07. The molecule has 0 spiro atoms. The molecule has 0 saturated carbocycles. The van der Waals surface area contributed by atoms with Crippen molar-refractivity contribution in [2.45, 2.75) is 38.6 Å². The van der Waals surface area contributed by atoms with Crippen molar-refractivity contribution in [3.63, 3.8) is 0 Å². The molecule has 2 aliphatic rings. The molecular weight excluding hydrogens is 312 g/mol. The van der Waals surface area contributed by atoms with Gasteiger partial charge in [-0.05, 0) is 37.3 Å². The number of fused-ring (bicyclic) bond motifs is 5. The summed E-state index contributed by atoms with van der Waals surface area (Å²) < 4.78 is 5.24. The van der Waals surface area contributed by atoms with E-state index in [1.165, 1.54) is 23.6 Å². The van der Waals surface area contributed by atoms with E-state index in [1.54, 1.807) is 0 Å². The van der Waals surface area contributed by atoms with Crippen molar-refractivity contribution in [1.82, 2.24) is 9.88 Å². The lowest BCUT2D eigenvalue weighted by atomic mass is 9.74. The van der Waals surface area contributed by atoms with E-state index in [0.29, 0.717) is 5.92 Å². The summed E-state index contributed by atoms with van der Waals surface area (Å²) in [5, 5.41) is 1.22. The fraction of sp³-hybridized carbons (Fsp3) is 0.476. The Morgan fingerprint density at radius 3 is 2.92 bits per heavy atom. The predicted molar refractivity (Wildman–Crippen MR) is 99.4 cm³/mol. The Morgan fingerprint density at radius 2 is 2.16 bits per heavy atom. The number of esters is 1. The number of para-hydroxylation sites is 1. The highest BCUT2D eigenvalue weighted by molar-refractivity contribution is 5.90. The van der Waals surface area contributed by atoms with E-state index < -0.39 is 5.41 Å². The van der Waals surface area contributed by atoms with Crippen molar-refractivity contribution in [2.24, 2.45) is 5.92 Å². The second-order valence-corrected chi connectivity index (χ2v) is 7.66. The molecule has 4 heteroatoms. The van der Waals surface area contributed by atoms with Gasteiger partial charge in [-0.3, -0.25) is 9.69 Å². The predicted octanol–water partition coefficient (Wildman–Crippen LogP) is 3.77. The van der Waals surface area contributed by atoms with Crippen LogP contribution in [0.25, 0.3) is 10.9 Å². The number of nitrogens with zero attached hydrogens (tertiary/aromatic N) is 1. The van der Waals surface area contributed by atoms with Crippen molar-refractivity contribution in [1.29, 1.82) is 0 Å². The Morgan fingerprint density at radius 1 is 1.36 bits per heavy atom. The normalized spacial score (nSPS) is 28.7. The molecule has 0 radical (unpaired) electrons. The fourth-order valence-electron chi connectivity index (χ4n) is 4.69. The number of ether oxygens (including phenoxy) is 1. The van der Waals surface area contributed by atoms with E-state index >= 15 is 0 Å². The zero-order valence-electron chi connectivity index (χ0n) is 15.3. The number of aromatic nitrogens is 1. The van der Waals surface area contributed by atoms with Crippen LogP contribution in [0.2, 0.25) is 0 Å². The van der Waals surface area contributed by atoms with Crippen LogP contribution in [0.15, 0.2) is 35.9 Å². The van der Waals surface area contributed by atoms with Gasteiger partial charge in [-0.15, -0.1) is 0 Å². The first-order valence-electron chi connectivity index (χ1n) is 9.15. The molecule has 1 aromatic heterocycles. The number of H-pyrrole nitrogens is 1. The molecule has 2 aromatic rings. The Labute approximate surface area is 148 Å². The summed E-state index contributed by atoms with van der Waals surface area (Å²) in [5.41, 5.74) is 4.21. The Balaban J connectivity index is 1.92. The SMILES string of the molecule is CCC1=C[C@@H]2CN(C1)Cc1c([nH]c3ccccc13)[C@](C)(C(=O)OC)C2. The summed E-state index contributed by atoms with van der Waals surface area (Å²) in [4.78, 5) is 18.9. The molecule has 3 atom stereocenters. The average Bonchev–Trinajstić information content (AvgIpc) is 2.99. The first-order chi connectivity index (χ1) is 12.0. The van der Waals surface area contributed by atoms with E-state index in [2.05, 4.69) is 41.1 Å². The maximum Gasteiger partial charge on any atom is 0.317 e. The summed E-state index contributed by atoms with van der Waals surface area (Å²) in [6, 6.07) is 8.36. The molecular formula is C21H26N2O2. The zero-order chi connectivity index (χ0) is 17.6. The summed E-state index contributed by atoms with van der Waals surface area (Å²) in [6.07, 6.45) is 4.24. The molecule has 3 heterocycles. The highest BCUT2D eigenvalue weighted by Crippen LogP contribution is 2.41. The van der Waals surface area contributed by atoms with Crippen LogP contribution in [0, 0.1) is 5.92 Å². The van der Waals surface area contributed by atoms with Gasteiger partial charge in [0.05, 0.1) is 7.11 Å². The lowest BCUT2D eigenvalue weighted by molar-refractivity contribution is -0.148. The molecule has 0 fully saturated rings. The number of carbonyl (C=O) groups is 1. The third-order valence-corrected chi connectivity index (χ3v) is 5.90. The highest BCUT2D eigenvalue weighted by Gasteiger charge is 2.44. The summed E-state index contributed by atoms with van der Waals surface area (Å²) in [7, 11) is 1.50. The van der Waals surface area contributed by atoms with E-state index in [9.17, 15) is 4.79 Å². The van der Waals surface area contributed by atoms with Gasteiger partial charge in [0, 0.05) is 36.2 Å². The number of methoxy groups -OCH3 is 1. The molecule has 4 nitrogen and oxygen atoms in total. The van der Waals surface area contributed by atoms with Crippen LogP contribution in [0.5, 0.6) is 0 Å². The van der Waals surface area contributed by atoms with Crippen molar-refractivity contribution < 1.29 is 9.53 Å². The third-order valence-electron chi connectivity index (χ3n) is 5.90. The maximum absolute atomic E-state index is 12.8.